The molecule has 3 aromatic rings. The number of aromatic nitrogens is 3. The Labute approximate surface area is 208 Å². The van der Waals surface area contributed by atoms with Crippen molar-refractivity contribution in [1.82, 2.24) is 19.7 Å². The molecule has 9 heteroatoms. The van der Waals surface area contributed by atoms with Crippen LogP contribution in [0.2, 0.25) is 5.02 Å². The molecule has 0 saturated heterocycles. The zero-order chi connectivity index (χ0) is 24.1. The van der Waals surface area contributed by atoms with Gasteiger partial charge in [0.05, 0.1) is 29.6 Å². The maximum absolute atomic E-state index is 13.1. The van der Waals surface area contributed by atoms with Crippen molar-refractivity contribution in [3.63, 3.8) is 0 Å². The van der Waals surface area contributed by atoms with Crippen LogP contribution in [0.15, 0.2) is 53.7 Å². The first kappa shape index (κ1) is 24.1. The number of thioether (sulfide) groups is 1. The van der Waals surface area contributed by atoms with Gasteiger partial charge in [-0.05, 0) is 31.0 Å². The van der Waals surface area contributed by atoms with E-state index in [1.54, 1.807) is 31.2 Å². The van der Waals surface area contributed by atoms with Crippen molar-refractivity contribution in [2.45, 2.75) is 42.8 Å². The third-order valence-corrected chi connectivity index (χ3v) is 7.50. The highest BCUT2D eigenvalue weighted by molar-refractivity contribution is 7.99. The van der Waals surface area contributed by atoms with Gasteiger partial charge in [-0.3, -0.25) is 9.36 Å². The molecule has 0 unspecified atom stereocenters. The van der Waals surface area contributed by atoms with Gasteiger partial charge in [0.25, 0.3) is 0 Å². The number of nitrogens with zero attached hydrogens (tertiary/aromatic N) is 5. The summed E-state index contributed by atoms with van der Waals surface area (Å²) >= 11 is 7.70. The Morgan fingerprint density at radius 3 is 2.59 bits per heavy atom. The molecular formula is C25H26ClN5O2S. The van der Waals surface area contributed by atoms with Crippen LogP contribution in [0.25, 0.3) is 17.1 Å². The molecule has 7 nitrogen and oxygen atoms in total. The number of carbonyl (C=O) groups is 1. The molecule has 1 aliphatic carbocycles. The van der Waals surface area contributed by atoms with E-state index in [-0.39, 0.29) is 11.7 Å². The van der Waals surface area contributed by atoms with Crippen LogP contribution < -0.4 is 4.74 Å². The summed E-state index contributed by atoms with van der Waals surface area (Å²) in [6.45, 7) is 0. The molecule has 1 aliphatic rings. The van der Waals surface area contributed by atoms with E-state index in [0.29, 0.717) is 21.8 Å². The Morgan fingerprint density at radius 2 is 1.94 bits per heavy atom. The van der Waals surface area contributed by atoms with E-state index >= 15 is 0 Å². The second-order valence-corrected chi connectivity index (χ2v) is 9.62. The second kappa shape index (κ2) is 10.5. The topological polar surface area (TPSA) is 84.0 Å². The van der Waals surface area contributed by atoms with Gasteiger partial charge in [-0.1, -0.05) is 73.0 Å². The Bertz CT molecular complexity index is 1200. The molecule has 4 rings (SSSR count). The monoisotopic (exact) mass is 495 g/mol. The fourth-order valence-electron chi connectivity index (χ4n) is 4.29. The van der Waals surface area contributed by atoms with E-state index in [9.17, 15) is 10.1 Å². The molecule has 0 atom stereocenters. The van der Waals surface area contributed by atoms with Gasteiger partial charge < -0.3 is 9.64 Å². The number of halogens is 1. The van der Waals surface area contributed by atoms with Crippen LogP contribution in [-0.2, 0) is 4.79 Å². The lowest BCUT2D eigenvalue weighted by Gasteiger charge is -2.39. The normalized spacial score (nSPS) is 14.9. The molecule has 0 spiro atoms. The minimum Gasteiger partial charge on any atom is -0.495 e. The quantitative estimate of drug-likeness (QED) is 0.409. The number of benzene rings is 2. The average molecular weight is 496 g/mol. The summed E-state index contributed by atoms with van der Waals surface area (Å²) in [5, 5.41) is 19.7. The second-order valence-electron chi connectivity index (χ2n) is 8.27. The van der Waals surface area contributed by atoms with Crippen LogP contribution in [-0.4, -0.2) is 51.0 Å². The SMILES string of the molecule is COc1ccc(-n2c(SCC(=O)N(C)C3(C#N)CCCCC3)nnc2-c2ccccc2)cc1Cl. The van der Waals surface area contributed by atoms with Gasteiger partial charge in [-0.25, -0.2) is 0 Å². The van der Waals surface area contributed by atoms with Crippen LogP contribution in [0.1, 0.15) is 32.1 Å². The largest absolute Gasteiger partial charge is 0.495 e. The first-order valence-corrected chi connectivity index (χ1v) is 12.5. The molecule has 1 heterocycles. The average Bonchev–Trinajstić information content (AvgIpc) is 3.31. The zero-order valence-corrected chi connectivity index (χ0v) is 20.8. The van der Waals surface area contributed by atoms with Gasteiger partial charge in [0.15, 0.2) is 11.0 Å². The Kier molecular flexibility index (Phi) is 7.44. The van der Waals surface area contributed by atoms with Crippen molar-refractivity contribution in [3.8, 4) is 28.9 Å². The van der Waals surface area contributed by atoms with E-state index in [0.717, 1.165) is 43.4 Å². The van der Waals surface area contributed by atoms with E-state index in [4.69, 9.17) is 16.3 Å². The number of nitriles is 1. The van der Waals surface area contributed by atoms with E-state index in [1.165, 1.54) is 11.8 Å². The van der Waals surface area contributed by atoms with E-state index in [1.807, 2.05) is 41.0 Å². The van der Waals surface area contributed by atoms with Crippen LogP contribution in [0, 0.1) is 11.3 Å². The van der Waals surface area contributed by atoms with Crippen molar-refractivity contribution in [1.29, 1.82) is 5.26 Å². The highest BCUT2D eigenvalue weighted by Gasteiger charge is 2.38. The van der Waals surface area contributed by atoms with Crippen molar-refractivity contribution >= 4 is 29.3 Å². The van der Waals surface area contributed by atoms with Gasteiger partial charge in [-0.15, -0.1) is 10.2 Å². The van der Waals surface area contributed by atoms with Gasteiger partial charge in [0, 0.05) is 12.6 Å². The van der Waals surface area contributed by atoms with Gasteiger partial charge in [0.2, 0.25) is 5.91 Å². The zero-order valence-electron chi connectivity index (χ0n) is 19.2. The molecule has 0 bridgehead atoms. The summed E-state index contributed by atoms with van der Waals surface area (Å²) in [7, 11) is 3.31. The fraction of sp³-hybridized carbons (Fsp3) is 0.360. The molecule has 1 aromatic heterocycles. The summed E-state index contributed by atoms with van der Waals surface area (Å²) < 4.78 is 7.18. The third kappa shape index (κ3) is 4.77. The number of hydrogen-bond donors (Lipinski definition) is 0. The first-order valence-electron chi connectivity index (χ1n) is 11.1. The maximum Gasteiger partial charge on any atom is 0.234 e. The maximum atomic E-state index is 13.1. The van der Waals surface area contributed by atoms with E-state index in [2.05, 4.69) is 16.3 Å². The molecule has 176 valence electrons. The Balaban J connectivity index is 1.63. The van der Waals surface area contributed by atoms with Crippen LogP contribution in [0.3, 0.4) is 0 Å². The highest BCUT2D eigenvalue weighted by atomic mass is 35.5. The lowest BCUT2D eigenvalue weighted by atomic mass is 9.81. The number of methoxy groups -OCH3 is 1. The number of amides is 1. The molecule has 34 heavy (non-hydrogen) atoms. The summed E-state index contributed by atoms with van der Waals surface area (Å²) in [4.78, 5) is 14.7. The van der Waals surface area contributed by atoms with Crippen LogP contribution in [0.5, 0.6) is 5.75 Å². The van der Waals surface area contributed by atoms with Crippen molar-refractivity contribution in [3.05, 3.63) is 53.6 Å². The minimum absolute atomic E-state index is 0.1000. The molecule has 1 fully saturated rings. The molecule has 1 amide bonds. The Morgan fingerprint density at radius 1 is 1.21 bits per heavy atom. The van der Waals surface area contributed by atoms with E-state index < -0.39 is 5.54 Å². The van der Waals surface area contributed by atoms with Crippen molar-refractivity contribution < 1.29 is 9.53 Å². The molecule has 1 saturated carbocycles. The first-order chi connectivity index (χ1) is 16.5. The van der Waals surface area contributed by atoms with Crippen molar-refractivity contribution in [2.75, 3.05) is 19.9 Å². The lowest BCUT2D eigenvalue weighted by molar-refractivity contribution is -0.131. The van der Waals surface area contributed by atoms with Crippen LogP contribution in [0.4, 0.5) is 0 Å². The molecule has 0 radical (unpaired) electrons. The smallest absolute Gasteiger partial charge is 0.234 e. The summed E-state index contributed by atoms with van der Waals surface area (Å²) in [5.41, 5.74) is 0.934. The minimum atomic E-state index is -0.720. The summed E-state index contributed by atoms with van der Waals surface area (Å²) in [5.74, 6) is 1.26. The highest BCUT2D eigenvalue weighted by Crippen LogP contribution is 2.35. The summed E-state index contributed by atoms with van der Waals surface area (Å²) in [6, 6.07) is 17.6. The van der Waals surface area contributed by atoms with Gasteiger partial charge in [-0.2, -0.15) is 5.26 Å². The van der Waals surface area contributed by atoms with Crippen LogP contribution >= 0.6 is 23.4 Å². The molecule has 0 aliphatic heterocycles. The fourth-order valence-corrected chi connectivity index (χ4v) is 5.40. The third-order valence-electron chi connectivity index (χ3n) is 6.29. The molecule has 0 N–H and O–H groups in total. The predicted octanol–water partition coefficient (Wildman–Crippen LogP) is 5.37. The standard InChI is InChI=1S/C25H26ClN5O2S/c1-30(25(17-27)13-7-4-8-14-25)22(32)16-34-24-29-28-23(18-9-5-3-6-10-18)31(24)19-11-12-21(33-2)20(26)15-19/h3,5-6,9-12,15H,4,7-8,13-14,16H2,1-2H3. The number of ether oxygens (including phenoxy) is 1. The lowest BCUT2D eigenvalue weighted by Crippen LogP contribution is -2.50. The summed E-state index contributed by atoms with van der Waals surface area (Å²) in [6.07, 6.45) is 4.47. The molecular weight excluding hydrogens is 470 g/mol. The van der Waals surface area contributed by atoms with Crippen molar-refractivity contribution in [2.24, 2.45) is 0 Å². The number of rotatable bonds is 7. The Hall–Kier alpha value is -3.02. The number of carbonyl (C=O) groups excluding carboxylic acids is 1. The van der Waals surface area contributed by atoms with Gasteiger partial charge in [0.1, 0.15) is 11.3 Å². The predicted molar refractivity (Wildman–Crippen MR) is 133 cm³/mol. The molecule has 2 aromatic carbocycles. The number of hydrogen-bond acceptors (Lipinski definition) is 6. The van der Waals surface area contributed by atoms with Gasteiger partial charge >= 0.3 is 0 Å².